The molecule has 3 aromatic heterocycles. The van der Waals surface area contributed by atoms with Crippen molar-refractivity contribution in [3.63, 3.8) is 0 Å². The molecular formula is C22H24N6O2. The van der Waals surface area contributed by atoms with Gasteiger partial charge < -0.3 is 19.2 Å². The first-order valence-corrected chi connectivity index (χ1v) is 9.94. The summed E-state index contributed by atoms with van der Waals surface area (Å²) < 4.78 is 11.2. The Labute approximate surface area is 174 Å². The number of pyridine rings is 1. The van der Waals surface area contributed by atoms with Crippen molar-refractivity contribution in [1.29, 1.82) is 0 Å². The molecule has 0 unspecified atom stereocenters. The lowest BCUT2D eigenvalue weighted by molar-refractivity contribution is 0.412. The topological polar surface area (TPSA) is 92.6 Å². The highest BCUT2D eigenvalue weighted by molar-refractivity contribution is 5.80. The van der Waals surface area contributed by atoms with Gasteiger partial charge in [-0.3, -0.25) is 9.98 Å². The van der Waals surface area contributed by atoms with Crippen molar-refractivity contribution in [2.75, 3.05) is 20.1 Å². The van der Waals surface area contributed by atoms with Crippen LogP contribution in [0.25, 0.3) is 22.6 Å². The van der Waals surface area contributed by atoms with Gasteiger partial charge in [0.2, 0.25) is 0 Å². The van der Waals surface area contributed by atoms with Crippen molar-refractivity contribution < 1.29 is 8.94 Å². The van der Waals surface area contributed by atoms with E-state index in [2.05, 4.69) is 26.5 Å². The van der Waals surface area contributed by atoms with Gasteiger partial charge >= 0.3 is 0 Å². The first kappa shape index (κ1) is 19.6. The predicted molar refractivity (Wildman–Crippen MR) is 115 cm³/mol. The lowest BCUT2D eigenvalue weighted by Gasteiger charge is -2.20. The molecule has 0 saturated heterocycles. The average molecular weight is 404 g/mol. The molecule has 3 heterocycles. The summed E-state index contributed by atoms with van der Waals surface area (Å²) in [6, 6.07) is 15.6. The second kappa shape index (κ2) is 9.21. The standard InChI is InChI=1S/C22H24N6O2/c1-3-23-22(28(2)15-17-14-16-8-4-5-10-19(16)29-17)25-13-11-20-26-21(30-27-20)18-9-6-7-12-24-18/h4-10,12,14H,3,11,13,15H2,1-2H3,(H,23,25). The molecule has 1 aromatic carbocycles. The molecule has 0 aliphatic rings. The molecule has 4 aromatic rings. The van der Waals surface area contributed by atoms with E-state index in [0.717, 1.165) is 29.2 Å². The van der Waals surface area contributed by atoms with Gasteiger partial charge in [0.05, 0.1) is 6.54 Å². The summed E-state index contributed by atoms with van der Waals surface area (Å²) in [7, 11) is 1.99. The van der Waals surface area contributed by atoms with Crippen molar-refractivity contribution in [2.45, 2.75) is 19.9 Å². The van der Waals surface area contributed by atoms with E-state index in [1.165, 1.54) is 0 Å². The van der Waals surface area contributed by atoms with Gasteiger partial charge in [-0.25, -0.2) is 0 Å². The number of rotatable bonds is 7. The summed E-state index contributed by atoms with van der Waals surface area (Å²) in [5, 5.41) is 8.44. The first-order valence-electron chi connectivity index (χ1n) is 9.94. The average Bonchev–Trinajstić information content (AvgIpc) is 3.40. The minimum absolute atomic E-state index is 0.420. The summed E-state index contributed by atoms with van der Waals surface area (Å²) in [5.41, 5.74) is 1.56. The van der Waals surface area contributed by atoms with Crippen LogP contribution in [-0.4, -0.2) is 46.1 Å². The van der Waals surface area contributed by atoms with E-state index in [4.69, 9.17) is 13.9 Å². The molecule has 0 spiro atoms. The number of guanidine groups is 1. The monoisotopic (exact) mass is 404 g/mol. The Morgan fingerprint density at radius 1 is 1.17 bits per heavy atom. The number of aliphatic imine (C=N–C) groups is 1. The molecule has 0 amide bonds. The molecule has 0 atom stereocenters. The van der Waals surface area contributed by atoms with E-state index in [0.29, 0.717) is 36.9 Å². The van der Waals surface area contributed by atoms with Crippen LogP contribution in [0.3, 0.4) is 0 Å². The Hall–Kier alpha value is -3.68. The van der Waals surface area contributed by atoms with Crippen molar-refractivity contribution in [3.8, 4) is 11.6 Å². The summed E-state index contributed by atoms with van der Waals surface area (Å²) >= 11 is 0. The molecule has 8 heteroatoms. The highest BCUT2D eigenvalue weighted by Crippen LogP contribution is 2.19. The zero-order chi connectivity index (χ0) is 20.8. The number of para-hydroxylation sites is 1. The van der Waals surface area contributed by atoms with Gasteiger partial charge in [0.25, 0.3) is 5.89 Å². The summed E-state index contributed by atoms with van der Waals surface area (Å²) in [6.45, 7) is 3.97. The van der Waals surface area contributed by atoms with Crippen LogP contribution in [0.1, 0.15) is 18.5 Å². The molecular weight excluding hydrogens is 380 g/mol. The number of furan rings is 1. The van der Waals surface area contributed by atoms with Crippen molar-refractivity contribution in [1.82, 2.24) is 25.3 Å². The number of nitrogens with zero attached hydrogens (tertiary/aromatic N) is 5. The molecule has 1 N–H and O–H groups in total. The Morgan fingerprint density at radius 2 is 2.03 bits per heavy atom. The lowest BCUT2D eigenvalue weighted by atomic mass is 10.2. The number of nitrogens with one attached hydrogen (secondary N) is 1. The predicted octanol–water partition coefficient (Wildman–Crippen LogP) is 3.52. The van der Waals surface area contributed by atoms with Crippen LogP contribution in [0.15, 0.2) is 68.7 Å². The van der Waals surface area contributed by atoms with Crippen molar-refractivity contribution in [2.24, 2.45) is 4.99 Å². The van der Waals surface area contributed by atoms with Crippen molar-refractivity contribution in [3.05, 3.63) is 66.3 Å². The summed E-state index contributed by atoms with van der Waals surface area (Å²) in [4.78, 5) is 15.4. The maximum atomic E-state index is 5.92. The number of hydrogen-bond acceptors (Lipinski definition) is 6. The maximum Gasteiger partial charge on any atom is 0.276 e. The second-order valence-corrected chi connectivity index (χ2v) is 6.82. The van der Waals surface area contributed by atoms with E-state index >= 15 is 0 Å². The van der Waals surface area contributed by atoms with Gasteiger partial charge in [0, 0.05) is 38.1 Å². The van der Waals surface area contributed by atoms with Crippen LogP contribution in [0.2, 0.25) is 0 Å². The van der Waals surface area contributed by atoms with Gasteiger partial charge in [0.15, 0.2) is 11.8 Å². The molecule has 4 rings (SSSR count). The molecule has 0 bridgehead atoms. The SMILES string of the molecule is CCNC(=NCCc1noc(-c2ccccn2)n1)N(C)Cc1cc2ccccc2o1. The molecule has 0 aliphatic heterocycles. The normalized spacial score (nSPS) is 11.7. The number of fused-ring (bicyclic) bond motifs is 1. The Kier molecular flexibility index (Phi) is 6.03. The second-order valence-electron chi connectivity index (χ2n) is 6.82. The largest absolute Gasteiger partial charge is 0.459 e. The van der Waals surface area contributed by atoms with Gasteiger partial charge in [-0.2, -0.15) is 4.98 Å². The third-order valence-corrected chi connectivity index (χ3v) is 4.52. The highest BCUT2D eigenvalue weighted by Gasteiger charge is 2.12. The van der Waals surface area contributed by atoms with Crippen molar-refractivity contribution >= 4 is 16.9 Å². The first-order chi connectivity index (χ1) is 14.7. The summed E-state index contributed by atoms with van der Waals surface area (Å²) in [6.07, 6.45) is 2.27. The highest BCUT2D eigenvalue weighted by atomic mass is 16.5. The van der Waals surface area contributed by atoms with Gasteiger partial charge in [-0.05, 0) is 31.2 Å². The molecule has 0 radical (unpaired) electrons. The smallest absolute Gasteiger partial charge is 0.276 e. The molecule has 8 nitrogen and oxygen atoms in total. The molecule has 154 valence electrons. The van der Waals surface area contributed by atoms with Gasteiger partial charge in [-0.1, -0.05) is 29.4 Å². The van der Waals surface area contributed by atoms with Crippen LogP contribution in [-0.2, 0) is 13.0 Å². The lowest BCUT2D eigenvalue weighted by Crippen LogP contribution is -2.38. The zero-order valence-electron chi connectivity index (χ0n) is 17.1. The zero-order valence-corrected chi connectivity index (χ0v) is 17.1. The minimum atomic E-state index is 0.420. The number of hydrogen-bond donors (Lipinski definition) is 1. The quantitative estimate of drug-likeness (QED) is 0.372. The van der Waals surface area contributed by atoms with E-state index in [1.54, 1.807) is 6.20 Å². The van der Waals surface area contributed by atoms with Gasteiger partial charge in [-0.15, -0.1) is 0 Å². The number of benzene rings is 1. The molecule has 30 heavy (non-hydrogen) atoms. The molecule has 0 fully saturated rings. The van der Waals surface area contributed by atoms with Crippen LogP contribution in [0, 0.1) is 0 Å². The Bertz CT molecular complexity index is 1090. The molecule has 0 aliphatic carbocycles. The van der Waals surface area contributed by atoms with E-state index in [9.17, 15) is 0 Å². The fraction of sp³-hybridized carbons (Fsp3) is 0.273. The van der Waals surface area contributed by atoms with Crippen LogP contribution < -0.4 is 5.32 Å². The Balaban J connectivity index is 1.39. The van der Waals surface area contributed by atoms with Gasteiger partial charge in [0.1, 0.15) is 17.0 Å². The van der Waals surface area contributed by atoms with Crippen LogP contribution >= 0.6 is 0 Å². The number of aromatic nitrogens is 3. The van der Waals surface area contributed by atoms with Crippen LogP contribution in [0.5, 0.6) is 0 Å². The molecule has 0 saturated carbocycles. The third kappa shape index (κ3) is 4.65. The van der Waals surface area contributed by atoms with E-state index in [-0.39, 0.29) is 0 Å². The minimum Gasteiger partial charge on any atom is -0.459 e. The van der Waals surface area contributed by atoms with E-state index in [1.807, 2.05) is 61.3 Å². The fourth-order valence-electron chi connectivity index (χ4n) is 3.10. The van der Waals surface area contributed by atoms with E-state index < -0.39 is 0 Å². The maximum absolute atomic E-state index is 5.92. The third-order valence-electron chi connectivity index (χ3n) is 4.52. The fourth-order valence-corrected chi connectivity index (χ4v) is 3.10. The van der Waals surface area contributed by atoms with Crippen LogP contribution in [0.4, 0.5) is 0 Å². The Morgan fingerprint density at radius 3 is 2.83 bits per heavy atom. The summed E-state index contributed by atoms with van der Waals surface area (Å²) in [5.74, 6) is 2.72.